The highest BCUT2D eigenvalue weighted by molar-refractivity contribution is 5.22. The van der Waals surface area contributed by atoms with Gasteiger partial charge in [-0.05, 0) is 25.3 Å². The molecule has 0 aromatic rings. The first kappa shape index (κ1) is 10.2. The van der Waals surface area contributed by atoms with Gasteiger partial charge in [0.25, 0.3) is 0 Å². The van der Waals surface area contributed by atoms with E-state index in [1.807, 2.05) is 6.92 Å². The summed E-state index contributed by atoms with van der Waals surface area (Å²) in [6.45, 7) is 6.36. The zero-order valence-electron chi connectivity index (χ0n) is 7.80. The Hall–Kier alpha value is -0.780. The normalized spacial score (nSPS) is 13.5. The van der Waals surface area contributed by atoms with Crippen molar-refractivity contribution < 1.29 is 0 Å². The predicted octanol–water partition coefficient (Wildman–Crippen LogP) is 3.87. The van der Waals surface area contributed by atoms with Crippen LogP contribution >= 0.6 is 0 Å². The molecule has 0 heteroatoms. The Morgan fingerprint density at radius 3 is 2.45 bits per heavy atom. The van der Waals surface area contributed by atoms with E-state index in [4.69, 9.17) is 0 Å². The lowest BCUT2D eigenvalue weighted by atomic mass is 10.1. The van der Waals surface area contributed by atoms with Crippen LogP contribution < -0.4 is 0 Å². The molecule has 0 atom stereocenters. The Balaban J connectivity index is 4.04. The third-order valence-electron chi connectivity index (χ3n) is 1.48. The molecule has 0 heterocycles. The Bertz CT molecular complexity index is 159. The highest BCUT2D eigenvalue weighted by Crippen LogP contribution is 2.03. The average molecular weight is 150 g/mol. The lowest BCUT2D eigenvalue weighted by Crippen LogP contribution is -1.72. The Morgan fingerprint density at radius 2 is 2.00 bits per heavy atom. The zero-order chi connectivity index (χ0) is 8.53. The van der Waals surface area contributed by atoms with Crippen molar-refractivity contribution in [1.29, 1.82) is 0 Å². The Kier molecular flexibility index (Phi) is 6.81. The molecule has 0 radical (unpaired) electrons. The topological polar surface area (TPSA) is 0 Å². The lowest BCUT2D eigenvalue weighted by molar-refractivity contribution is 1.13. The fraction of sp³-hybridized carbons (Fsp3) is 0.455. The largest absolute Gasteiger partial charge is 0.0877 e. The van der Waals surface area contributed by atoms with Gasteiger partial charge >= 0.3 is 0 Å². The number of rotatable bonds is 4. The van der Waals surface area contributed by atoms with Gasteiger partial charge in [-0.15, -0.1) is 0 Å². The number of hydrogen-bond acceptors (Lipinski definition) is 0. The SMILES string of the molecule is C\C=C/C=C(\C=C/CC)CC. The average Bonchev–Trinajstić information content (AvgIpc) is 2.05. The second-order valence-electron chi connectivity index (χ2n) is 2.43. The Morgan fingerprint density at radius 1 is 1.27 bits per heavy atom. The summed E-state index contributed by atoms with van der Waals surface area (Å²) in [5.41, 5.74) is 1.39. The van der Waals surface area contributed by atoms with Gasteiger partial charge in [-0.2, -0.15) is 0 Å². The minimum absolute atomic E-state index is 1.11. The third kappa shape index (κ3) is 5.65. The van der Waals surface area contributed by atoms with Crippen molar-refractivity contribution in [2.75, 3.05) is 0 Å². The van der Waals surface area contributed by atoms with Crippen molar-refractivity contribution in [1.82, 2.24) is 0 Å². The second-order valence-corrected chi connectivity index (χ2v) is 2.43. The fourth-order valence-electron chi connectivity index (χ4n) is 0.780. The molecule has 0 aliphatic rings. The van der Waals surface area contributed by atoms with Gasteiger partial charge in [0.1, 0.15) is 0 Å². The van der Waals surface area contributed by atoms with E-state index >= 15 is 0 Å². The molecular formula is C11H18. The van der Waals surface area contributed by atoms with Gasteiger partial charge in [0.2, 0.25) is 0 Å². The van der Waals surface area contributed by atoms with Crippen LogP contribution in [0.4, 0.5) is 0 Å². The minimum Gasteiger partial charge on any atom is -0.0877 e. The van der Waals surface area contributed by atoms with Gasteiger partial charge in [-0.1, -0.05) is 44.2 Å². The molecule has 0 bridgehead atoms. The summed E-state index contributed by atoms with van der Waals surface area (Å²) >= 11 is 0. The first-order chi connectivity index (χ1) is 5.35. The molecule has 0 saturated carbocycles. The highest BCUT2D eigenvalue weighted by Gasteiger charge is 1.82. The summed E-state index contributed by atoms with van der Waals surface area (Å²) in [6, 6.07) is 0. The van der Waals surface area contributed by atoms with Crippen LogP contribution in [-0.4, -0.2) is 0 Å². The molecule has 0 N–H and O–H groups in total. The van der Waals surface area contributed by atoms with E-state index < -0.39 is 0 Å². The predicted molar refractivity (Wildman–Crippen MR) is 52.6 cm³/mol. The summed E-state index contributed by atoms with van der Waals surface area (Å²) in [5.74, 6) is 0. The Labute approximate surface area is 70.3 Å². The van der Waals surface area contributed by atoms with Crippen molar-refractivity contribution in [2.24, 2.45) is 0 Å². The van der Waals surface area contributed by atoms with Gasteiger partial charge in [0, 0.05) is 0 Å². The first-order valence-electron chi connectivity index (χ1n) is 4.33. The molecule has 0 fully saturated rings. The zero-order valence-corrected chi connectivity index (χ0v) is 7.80. The summed E-state index contributed by atoms with van der Waals surface area (Å²) in [4.78, 5) is 0. The summed E-state index contributed by atoms with van der Waals surface area (Å²) in [7, 11) is 0. The van der Waals surface area contributed by atoms with Gasteiger partial charge in [-0.3, -0.25) is 0 Å². The molecule has 0 amide bonds. The number of hydrogen-bond donors (Lipinski definition) is 0. The molecule has 0 aliphatic heterocycles. The molecule has 0 saturated heterocycles. The molecule has 0 aromatic carbocycles. The standard InChI is InChI=1S/C11H18/c1-4-7-9-11(6-3)10-8-5-2/h4,7-10H,5-6H2,1-3H3/b7-4-,10-8-,11-9-. The smallest absolute Gasteiger partial charge is 0.0308 e. The van der Waals surface area contributed by atoms with Crippen LogP contribution in [0.15, 0.2) is 36.0 Å². The van der Waals surface area contributed by atoms with E-state index in [2.05, 4.69) is 44.2 Å². The molecule has 62 valence electrons. The third-order valence-corrected chi connectivity index (χ3v) is 1.48. The fourth-order valence-corrected chi connectivity index (χ4v) is 0.780. The van der Waals surface area contributed by atoms with Crippen LogP contribution in [0.2, 0.25) is 0 Å². The van der Waals surface area contributed by atoms with Crippen molar-refractivity contribution in [3.63, 3.8) is 0 Å². The molecule has 0 unspecified atom stereocenters. The molecular weight excluding hydrogens is 132 g/mol. The van der Waals surface area contributed by atoms with Crippen LogP contribution in [0.5, 0.6) is 0 Å². The van der Waals surface area contributed by atoms with Gasteiger partial charge < -0.3 is 0 Å². The lowest BCUT2D eigenvalue weighted by Gasteiger charge is -1.92. The van der Waals surface area contributed by atoms with Crippen molar-refractivity contribution >= 4 is 0 Å². The highest BCUT2D eigenvalue weighted by atomic mass is 13.9. The van der Waals surface area contributed by atoms with E-state index in [1.165, 1.54) is 5.57 Å². The van der Waals surface area contributed by atoms with Crippen molar-refractivity contribution in [3.8, 4) is 0 Å². The molecule has 0 spiro atoms. The van der Waals surface area contributed by atoms with Crippen molar-refractivity contribution in [3.05, 3.63) is 36.0 Å². The van der Waals surface area contributed by atoms with Crippen molar-refractivity contribution in [2.45, 2.75) is 33.6 Å². The van der Waals surface area contributed by atoms with Crippen LogP contribution in [-0.2, 0) is 0 Å². The number of allylic oxidation sites excluding steroid dienone is 6. The summed E-state index contributed by atoms with van der Waals surface area (Å²) < 4.78 is 0. The van der Waals surface area contributed by atoms with E-state index in [0.29, 0.717) is 0 Å². The summed E-state index contributed by atoms with van der Waals surface area (Å²) in [6.07, 6.45) is 12.9. The van der Waals surface area contributed by atoms with Gasteiger partial charge in [0.05, 0.1) is 0 Å². The summed E-state index contributed by atoms with van der Waals surface area (Å²) in [5, 5.41) is 0. The van der Waals surface area contributed by atoms with Crippen LogP contribution in [0.1, 0.15) is 33.6 Å². The van der Waals surface area contributed by atoms with Gasteiger partial charge in [0.15, 0.2) is 0 Å². The molecule has 0 rings (SSSR count). The monoisotopic (exact) mass is 150 g/mol. The van der Waals surface area contributed by atoms with E-state index in [-0.39, 0.29) is 0 Å². The first-order valence-corrected chi connectivity index (χ1v) is 4.33. The second kappa shape index (κ2) is 7.33. The van der Waals surface area contributed by atoms with Crippen LogP contribution in [0.3, 0.4) is 0 Å². The van der Waals surface area contributed by atoms with Crippen LogP contribution in [0, 0.1) is 0 Å². The molecule has 0 aromatic heterocycles. The van der Waals surface area contributed by atoms with E-state index in [1.54, 1.807) is 0 Å². The maximum Gasteiger partial charge on any atom is -0.0308 e. The van der Waals surface area contributed by atoms with Crippen LogP contribution in [0.25, 0.3) is 0 Å². The van der Waals surface area contributed by atoms with E-state index in [0.717, 1.165) is 12.8 Å². The molecule has 11 heavy (non-hydrogen) atoms. The quantitative estimate of drug-likeness (QED) is 0.534. The maximum atomic E-state index is 2.19. The molecule has 0 nitrogen and oxygen atoms in total. The minimum atomic E-state index is 1.11. The van der Waals surface area contributed by atoms with E-state index in [9.17, 15) is 0 Å². The maximum absolute atomic E-state index is 2.19. The molecule has 0 aliphatic carbocycles. The van der Waals surface area contributed by atoms with Gasteiger partial charge in [-0.25, -0.2) is 0 Å².